The molecular formula is C24H30ClN3O4S. The Bertz CT molecular complexity index is 1070. The van der Waals surface area contributed by atoms with Crippen LogP contribution in [0.25, 0.3) is 0 Å². The number of ketones is 1. The minimum Gasteiger partial charge on any atom is -0.379 e. The number of carbonyl (C=O) groups is 1. The first-order chi connectivity index (χ1) is 16.0. The molecule has 4 rings (SSSR count). The Morgan fingerprint density at radius 1 is 1.03 bits per heavy atom. The molecule has 2 aliphatic heterocycles. The van der Waals surface area contributed by atoms with Gasteiger partial charge in [0.25, 0.3) is 0 Å². The van der Waals surface area contributed by atoms with E-state index in [-0.39, 0.29) is 23.3 Å². The number of rotatable bonds is 9. The Balaban J connectivity index is 1.42. The lowest BCUT2D eigenvalue weighted by atomic mass is 10.0. The number of halogens is 1. The Hall–Kier alpha value is -1.81. The molecule has 2 aliphatic rings. The van der Waals surface area contributed by atoms with Gasteiger partial charge in [0.1, 0.15) is 0 Å². The van der Waals surface area contributed by atoms with E-state index in [4.69, 9.17) is 16.3 Å². The molecule has 1 unspecified atom stereocenters. The number of morpholine rings is 1. The van der Waals surface area contributed by atoms with Crippen molar-refractivity contribution in [2.45, 2.75) is 23.8 Å². The number of hydrogen-bond acceptors (Lipinski definition) is 6. The van der Waals surface area contributed by atoms with Gasteiger partial charge in [-0.3, -0.25) is 9.69 Å². The van der Waals surface area contributed by atoms with Crippen molar-refractivity contribution in [3.8, 4) is 0 Å². The Kier molecular flexibility index (Phi) is 8.16. The maximum absolute atomic E-state index is 12.9. The second-order valence-corrected chi connectivity index (χ2v) is 10.7. The Morgan fingerprint density at radius 3 is 2.48 bits per heavy atom. The minimum absolute atomic E-state index is 0.0114. The summed E-state index contributed by atoms with van der Waals surface area (Å²) in [5, 5.41) is 3.97. The molecule has 7 nitrogen and oxygen atoms in total. The molecule has 0 bridgehead atoms. The fourth-order valence-corrected chi connectivity index (χ4v) is 6.23. The van der Waals surface area contributed by atoms with Crippen molar-refractivity contribution >= 4 is 27.4 Å². The highest BCUT2D eigenvalue weighted by molar-refractivity contribution is 7.89. The second kappa shape index (κ2) is 11.1. The van der Waals surface area contributed by atoms with Crippen LogP contribution in [-0.4, -0.2) is 75.9 Å². The third-order valence-corrected chi connectivity index (χ3v) is 8.47. The van der Waals surface area contributed by atoms with Gasteiger partial charge in [-0.2, -0.15) is 4.31 Å². The maximum atomic E-state index is 12.9. The number of hydrogen-bond donors (Lipinski definition) is 1. The average molecular weight is 492 g/mol. The first-order valence-corrected chi connectivity index (χ1v) is 13.2. The maximum Gasteiger partial charge on any atom is 0.243 e. The Morgan fingerprint density at radius 2 is 1.76 bits per heavy atom. The largest absolute Gasteiger partial charge is 0.379 e. The number of ether oxygens (including phenoxy) is 1. The van der Waals surface area contributed by atoms with Crippen LogP contribution in [0.4, 0.5) is 0 Å². The molecule has 2 heterocycles. The smallest absolute Gasteiger partial charge is 0.243 e. The van der Waals surface area contributed by atoms with Crippen molar-refractivity contribution in [1.82, 2.24) is 14.5 Å². The SMILES string of the molecule is O=C(CNCC(c1ccccc1Cl)N1CCOCC1)c1cccc(S(=O)(=O)N2CCCC2)c1. The van der Waals surface area contributed by atoms with Gasteiger partial charge in [0.15, 0.2) is 5.78 Å². The van der Waals surface area contributed by atoms with Crippen LogP contribution >= 0.6 is 11.6 Å². The van der Waals surface area contributed by atoms with E-state index in [1.165, 1.54) is 10.4 Å². The highest BCUT2D eigenvalue weighted by Gasteiger charge is 2.28. The van der Waals surface area contributed by atoms with Crippen LogP contribution in [-0.2, 0) is 14.8 Å². The van der Waals surface area contributed by atoms with Crippen LogP contribution in [0, 0.1) is 0 Å². The van der Waals surface area contributed by atoms with Crippen LogP contribution in [0.3, 0.4) is 0 Å². The second-order valence-electron chi connectivity index (χ2n) is 8.38. The summed E-state index contributed by atoms with van der Waals surface area (Å²) >= 11 is 6.48. The van der Waals surface area contributed by atoms with Gasteiger partial charge < -0.3 is 10.1 Å². The number of nitrogens with zero attached hydrogens (tertiary/aromatic N) is 2. The van der Waals surface area contributed by atoms with Crippen LogP contribution < -0.4 is 5.32 Å². The summed E-state index contributed by atoms with van der Waals surface area (Å²) in [6, 6.07) is 14.1. The summed E-state index contributed by atoms with van der Waals surface area (Å²) in [5.74, 6) is -0.145. The zero-order valence-corrected chi connectivity index (χ0v) is 20.2. The third-order valence-electron chi connectivity index (χ3n) is 6.23. The van der Waals surface area contributed by atoms with Gasteiger partial charge in [-0.25, -0.2) is 8.42 Å². The lowest BCUT2D eigenvalue weighted by Crippen LogP contribution is -2.43. The highest BCUT2D eigenvalue weighted by atomic mass is 35.5. The van der Waals surface area contributed by atoms with Crippen molar-refractivity contribution in [2.75, 3.05) is 52.5 Å². The molecule has 0 spiro atoms. The van der Waals surface area contributed by atoms with Gasteiger partial charge in [-0.15, -0.1) is 0 Å². The zero-order valence-electron chi connectivity index (χ0n) is 18.6. The van der Waals surface area contributed by atoms with Gasteiger partial charge >= 0.3 is 0 Å². The molecule has 2 saturated heterocycles. The summed E-state index contributed by atoms with van der Waals surface area (Å²) in [7, 11) is -3.56. The van der Waals surface area contributed by atoms with E-state index >= 15 is 0 Å². The van der Waals surface area contributed by atoms with Gasteiger partial charge in [0.05, 0.1) is 24.7 Å². The summed E-state index contributed by atoms with van der Waals surface area (Å²) in [5.41, 5.74) is 1.41. The van der Waals surface area contributed by atoms with Crippen molar-refractivity contribution in [2.24, 2.45) is 0 Å². The molecule has 2 aromatic carbocycles. The molecule has 2 aromatic rings. The number of Topliss-reactive ketones (excluding diaryl/α,β-unsaturated/α-hetero) is 1. The van der Waals surface area contributed by atoms with Gasteiger partial charge in [0.2, 0.25) is 10.0 Å². The predicted octanol–water partition coefficient (Wildman–Crippen LogP) is 2.97. The van der Waals surface area contributed by atoms with Crippen LogP contribution in [0.15, 0.2) is 53.4 Å². The molecule has 1 atom stereocenters. The normalized spacial score (nSPS) is 18.9. The van der Waals surface area contributed by atoms with E-state index in [0.29, 0.717) is 43.4 Å². The van der Waals surface area contributed by atoms with E-state index in [1.54, 1.807) is 18.2 Å². The average Bonchev–Trinajstić information content (AvgIpc) is 3.39. The van der Waals surface area contributed by atoms with E-state index in [1.807, 2.05) is 24.3 Å². The number of benzene rings is 2. The van der Waals surface area contributed by atoms with E-state index in [0.717, 1.165) is 31.5 Å². The summed E-state index contributed by atoms with van der Waals surface area (Å²) < 4.78 is 32.7. The summed E-state index contributed by atoms with van der Waals surface area (Å²) in [4.78, 5) is 15.4. The molecule has 0 aromatic heterocycles. The topological polar surface area (TPSA) is 79.0 Å². The highest BCUT2D eigenvalue weighted by Crippen LogP contribution is 2.28. The van der Waals surface area contributed by atoms with E-state index in [2.05, 4.69) is 10.2 Å². The van der Waals surface area contributed by atoms with E-state index < -0.39 is 10.0 Å². The lowest BCUT2D eigenvalue weighted by molar-refractivity contribution is 0.0162. The van der Waals surface area contributed by atoms with Crippen molar-refractivity contribution < 1.29 is 17.9 Å². The molecule has 0 aliphatic carbocycles. The molecule has 0 radical (unpaired) electrons. The molecule has 2 fully saturated rings. The Labute approximate surface area is 200 Å². The van der Waals surface area contributed by atoms with Gasteiger partial charge in [-0.05, 0) is 36.6 Å². The molecule has 33 heavy (non-hydrogen) atoms. The summed E-state index contributed by atoms with van der Waals surface area (Å²) in [6.07, 6.45) is 1.75. The van der Waals surface area contributed by atoms with Crippen molar-refractivity contribution in [3.63, 3.8) is 0 Å². The monoisotopic (exact) mass is 491 g/mol. The fraction of sp³-hybridized carbons (Fsp3) is 0.458. The van der Waals surface area contributed by atoms with Gasteiger partial charge in [-0.1, -0.05) is 41.9 Å². The van der Waals surface area contributed by atoms with E-state index in [9.17, 15) is 13.2 Å². The summed E-state index contributed by atoms with van der Waals surface area (Å²) in [6.45, 7) is 4.64. The zero-order chi connectivity index (χ0) is 23.3. The van der Waals surface area contributed by atoms with Crippen molar-refractivity contribution in [1.29, 1.82) is 0 Å². The van der Waals surface area contributed by atoms with Gasteiger partial charge in [0, 0.05) is 49.4 Å². The quantitative estimate of drug-likeness (QED) is 0.543. The predicted molar refractivity (Wildman–Crippen MR) is 128 cm³/mol. The molecular weight excluding hydrogens is 462 g/mol. The van der Waals surface area contributed by atoms with Crippen LogP contribution in [0.2, 0.25) is 5.02 Å². The standard InChI is InChI=1S/C24H30ClN3O4S/c25-22-9-2-1-8-21(22)23(27-12-14-32-15-13-27)17-26-18-24(29)19-6-5-7-20(16-19)33(30,31)28-10-3-4-11-28/h1-2,5-9,16,23,26H,3-4,10-15,17-18H2. The molecule has 0 amide bonds. The first-order valence-electron chi connectivity index (χ1n) is 11.4. The molecule has 178 valence electrons. The minimum atomic E-state index is -3.56. The lowest BCUT2D eigenvalue weighted by Gasteiger charge is -2.35. The number of sulfonamides is 1. The third kappa shape index (κ3) is 5.82. The molecule has 1 N–H and O–H groups in total. The van der Waals surface area contributed by atoms with Crippen LogP contribution in [0.5, 0.6) is 0 Å². The first kappa shape index (κ1) is 24.3. The number of nitrogens with one attached hydrogen (secondary N) is 1. The molecule has 0 saturated carbocycles. The van der Waals surface area contributed by atoms with Crippen LogP contribution in [0.1, 0.15) is 34.8 Å². The molecule has 9 heteroatoms. The van der Waals surface area contributed by atoms with Crippen molar-refractivity contribution in [3.05, 3.63) is 64.7 Å². The number of carbonyl (C=O) groups excluding carboxylic acids is 1. The fourth-order valence-electron chi connectivity index (χ4n) is 4.40.